The van der Waals surface area contributed by atoms with E-state index < -0.39 is 5.97 Å². The summed E-state index contributed by atoms with van der Waals surface area (Å²) in [5.41, 5.74) is 7.41. The maximum absolute atomic E-state index is 10.9. The van der Waals surface area contributed by atoms with Gasteiger partial charge in [0, 0.05) is 22.0 Å². The fourth-order valence-electron chi connectivity index (χ4n) is 1.77. The van der Waals surface area contributed by atoms with Gasteiger partial charge in [-0.3, -0.25) is 0 Å². The smallest absolute Gasteiger partial charge is 0.355 e. The van der Waals surface area contributed by atoms with Crippen LogP contribution in [0.1, 0.15) is 10.5 Å². The van der Waals surface area contributed by atoms with Crippen molar-refractivity contribution in [3.63, 3.8) is 0 Å². The highest BCUT2D eigenvalue weighted by atomic mass is 35.5. The Morgan fingerprint density at radius 3 is 2.67 bits per heavy atom. The van der Waals surface area contributed by atoms with Crippen LogP contribution in [0.25, 0.3) is 16.4 Å². The van der Waals surface area contributed by atoms with Gasteiger partial charge in [0.15, 0.2) is 5.69 Å². The fourth-order valence-corrected chi connectivity index (χ4v) is 2.66. The van der Waals surface area contributed by atoms with E-state index in [2.05, 4.69) is 10.1 Å². The molecule has 8 heteroatoms. The van der Waals surface area contributed by atoms with Crippen LogP contribution in [0.2, 0.25) is 5.02 Å². The van der Waals surface area contributed by atoms with Crippen LogP contribution in [0, 0.1) is 0 Å². The fraction of sp³-hybridized carbons (Fsp3) is 0. The second-order valence-corrected chi connectivity index (χ2v) is 5.47. The molecule has 0 unspecified atom stereocenters. The molecular formula is C13H9ClN4O2S. The third-order valence-electron chi connectivity index (χ3n) is 2.77. The number of aromatic carboxylic acids is 1. The Hall–Kier alpha value is -2.38. The first kappa shape index (κ1) is 13.6. The van der Waals surface area contributed by atoms with Crippen LogP contribution in [-0.2, 0) is 0 Å². The van der Waals surface area contributed by atoms with Gasteiger partial charge in [-0.2, -0.15) is 9.78 Å². The Balaban J connectivity index is 2.00. The number of thiazole rings is 1. The summed E-state index contributed by atoms with van der Waals surface area (Å²) in [5, 5.41) is 15.7. The molecule has 0 aliphatic rings. The predicted molar refractivity (Wildman–Crippen MR) is 81.1 cm³/mol. The topological polar surface area (TPSA) is 94.0 Å². The molecule has 2 aromatic heterocycles. The zero-order valence-corrected chi connectivity index (χ0v) is 12.1. The minimum absolute atomic E-state index is 0.0297. The van der Waals surface area contributed by atoms with Crippen molar-refractivity contribution >= 4 is 34.7 Å². The molecule has 6 nitrogen and oxygen atoms in total. The molecule has 3 aromatic rings. The van der Waals surface area contributed by atoms with Gasteiger partial charge < -0.3 is 10.8 Å². The van der Waals surface area contributed by atoms with Crippen LogP contribution in [0.4, 0.5) is 5.82 Å². The number of carboxylic acid groups (broad SMARTS) is 1. The molecule has 0 atom stereocenters. The summed E-state index contributed by atoms with van der Waals surface area (Å²) in [5.74, 6) is -0.701. The number of rotatable bonds is 3. The SMILES string of the molecule is Nc1cc(-c2ccc(Cl)cc2)nn1-c1nc(C(=O)O)cs1. The molecule has 0 spiro atoms. The van der Waals surface area contributed by atoms with Gasteiger partial charge in [-0.05, 0) is 12.1 Å². The number of carbonyl (C=O) groups is 1. The number of hydrogen-bond acceptors (Lipinski definition) is 5. The maximum Gasteiger partial charge on any atom is 0.355 e. The van der Waals surface area contributed by atoms with Crippen molar-refractivity contribution in [3.05, 3.63) is 46.4 Å². The molecule has 106 valence electrons. The zero-order chi connectivity index (χ0) is 15.0. The van der Waals surface area contributed by atoms with E-state index in [0.29, 0.717) is 21.7 Å². The predicted octanol–water partition coefficient (Wildman–Crippen LogP) is 2.93. The number of carboxylic acids is 1. The van der Waals surface area contributed by atoms with Gasteiger partial charge in [0.1, 0.15) is 5.82 Å². The van der Waals surface area contributed by atoms with Crippen LogP contribution >= 0.6 is 22.9 Å². The van der Waals surface area contributed by atoms with E-state index in [4.69, 9.17) is 22.4 Å². The van der Waals surface area contributed by atoms with Crippen molar-refractivity contribution in [2.24, 2.45) is 0 Å². The Labute approximate surface area is 128 Å². The number of nitrogens with two attached hydrogens (primary N) is 1. The minimum atomic E-state index is -1.08. The van der Waals surface area contributed by atoms with E-state index in [1.54, 1.807) is 18.2 Å². The monoisotopic (exact) mass is 320 g/mol. The van der Waals surface area contributed by atoms with E-state index in [1.165, 1.54) is 10.1 Å². The molecule has 3 rings (SSSR count). The third kappa shape index (κ3) is 2.61. The number of anilines is 1. The van der Waals surface area contributed by atoms with Crippen LogP contribution in [-0.4, -0.2) is 25.8 Å². The molecule has 0 saturated heterocycles. The molecule has 3 N–H and O–H groups in total. The lowest BCUT2D eigenvalue weighted by molar-refractivity contribution is 0.0691. The number of aromatic nitrogens is 3. The van der Waals surface area contributed by atoms with Crippen molar-refractivity contribution in [3.8, 4) is 16.4 Å². The molecule has 0 aliphatic carbocycles. The molecule has 21 heavy (non-hydrogen) atoms. The largest absolute Gasteiger partial charge is 0.476 e. The lowest BCUT2D eigenvalue weighted by Crippen LogP contribution is -2.03. The average Bonchev–Trinajstić information content (AvgIpc) is 3.06. The van der Waals surface area contributed by atoms with Crippen LogP contribution < -0.4 is 5.73 Å². The molecule has 0 fully saturated rings. The second kappa shape index (κ2) is 5.19. The summed E-state index contributed by atoms with van der Waals surface area (Å²) in [4.78, 5) is 14.8. The highest BCUT2D eigenvalue weighted by Crippen LogP contribution is 2.25. The standard InChI is InChI=1S/C13H9ClN4O2S/c14-8-3-1-7(2-4-8)9-5-11(15)18(17-9)13-16-10(6-21-13)12(19)20/h1-6H,15H2,(H,19,20). The lowest BCUT2D eigenvalue weighted by atomic mass is 10.1. The van der Waals surface area contributed by atoms with E-state index in [-0.39, 0.29) is 5.69 Å². The molecule has 2 heterocycles. The molecule has 0 amide bonds. The zero-order valence-electron chi connectivity index (χ0n) is 10.5. The maximum atomic E-state index is 10.9. The molecule has 0 saturated carbocycles. The van der Waals surface area contributed by atoms with E-state index >= 15 is 0 Å². The van der Waals surface area contributed by atoms with Gasteiger partial charge in [0.25, 0.3) is 0 Å². The van der Waals surface area contributed by atoms with E-state index in [0.717, 1.165) is 16.9 Å². The number of halogens is 1. The molecule has 0 aliphatic heterocycles. The molecular weight excluding hydrogens is 312 g/mol. The van der Waals surface area contributed by atoms with Gasteiger partial charge >= 0.3 is 5.97 Å². The van der Waals surface area contributed by atoms with Crippen LogP contribution in [0.5, 0.6) is 0 Å². The van der Waals surface area contributed by atoms with Crippen LogP contribution in [0.3, 0.4) is 0 Å². The Morgan fingerprint density at radius 2 is 2.05 bits per heavy atom. The van der Waals surface area contributed by atoms with Crippen molar-refractivity contribution in [2.75, 3.05) is 5.73 Å². The first-order valence-electron chi connectivity index (χ1n) is 5.85. The van der Waals surface area contributed by atoms with Crippen LogP contribution in [0.15, 0.2) is 35.7 Å². The highest BCUT2D eigenvalue weighted by Gasteiger charge is 2.14. The van der Waals surface area contributed by atoms with Crippen molar-refractivity contribution in [1.29, 1.82) is 0 Å². The summed E-state index contributed by atoms with van der Waals surface area (Å²) in [6.45, 7) is 0. The van der Waals surface area contributed by atoms with Crippen molar-refractivity contribution in [1.82, 2.24) is 14.8 Å². The number of benzene rings is 1. The molecule has 0 radical (unpaired) electrons. The van der Waals surface area contributed by atoms with Gasteiger partial charge in [-0.1, -0.05) is 23.7 Å². The summed E-state index contributed by atoms with van der Waals surface area (Å²) < 4.78 is 1.42. The number of nitrogens with zero attached hydrogens (tertiary/aromatic N) is 3. The molecule has 1 aromatic carbocycles. The average molecular weight is 321 g/mol. The number of nitrogen functional groups attached to an aromatic ring is 1. The van der Waals surface area contributed by atoms with Crippen molar-refractivity contribution < 1.29 is 9.90 Å². The van der Waals surface area contributed by atoms with Crippen molar-refractivity contribution in [2.45, 2.75) is 0 Å². The van der Waals surface area contributed by atoms with Gasteiger partial charge in [0.2, 0.25) is 5.13 Å². The first-order chi connectivity index (χ1) is 10.0. The minimum Gasteiger partial charge on any atom is -0.476 e. The van der Waals surface area contributed by atoms with Gasteiger partial charge in [-0.25, -0.2) is 9.78 Å². The second-order valence-electron chi connectivity index (χ2n) is 4.19. The first-order valence-corrected chi connectivity index (χ1v) is 7.11. The normalized spacial score (nSPS) is 10.7. The Bertz CT molecular complexity index is 810. The Kier molecular flexibility index (Phi) is 3.36. The van der Waals surface area contributed by atoms with Gasteiger partial charge in [0.05, 0.1) is 5.69 Å². The Morgan fingerprint density at radius 1 is 1.33 bits per heavy atom. The molecule has 0 bridgehead atoms. The summed E-state index contributed by atoms with van der Waals surface area (Å²) in [7, 11) is 0. The van der Waals surface area contributed by atoms with Gasteiger partial charge in [-0.15, -0.1) is 11.3 Å². The summed E-state index contributed by atoms with van der Waals surface area (Å²) in [6.07, 6.45) is 0. The lowest BCUT2D eigenvalue weighted by Gasteiger charge is -1.98. The quantitative estimate of drug-likeness (QED) is 0.773. The van der Waals surface area contributed by atoms with E-state index in [1.807, 2.05) is 12.1 Å². The highest BCUT2D eigenvalue weighted by molar-refractivity contribution is 7.12. The summed E-state index contributed by atoms with van der Waals surface area (Å²) in [6, 6.07) is 8.89. The summed E-state index contributed by atoms with van der Waals surface area (Å²) >= 11 is 7.01. The van der Waals surface area contributed by atoms with E-state index in [9.17, 15) is 4.79 Å². The number of hydrogen-bond donors (Lipinski definition) is 2. The third-order valence-corrected chi connectivity index (χ3v) is 3.84.